The molecule has 1 aliphatic heterocycles. The van der Waals surface area contributed by atoms with Crippen LogP contribution in [0.15, 0.2) is 54.3 Å². The molecule has 3 nitrogen and oxygen atoms in total. The Labute approximate surface area is 106 Å². The van der Waals surface area contributed by atoms with E-state index < -0.39 is 0 Å². The first kappa shape index (κ1) is 12.3. The van der Waals surface area contributed by atoms with Crippen LogP contribution in [-0.2, 0) is 4.79 Å². The second kappa shape index (κ2) is 5.45. The largest absolute Gasteiger partial charge is 0.376 e. The summed E-state index contributed by atoms with van der Waals surface area (Å²) < 4.78 is 0. The van der Waals surface area contributed by atoms with E-state index >= 15 is 0 Å². The zero-order valence-corrected chi connectivity index (χ0v) is 10.3. The van der Waals surface area contributed by atoms with Crippen LogP contribution in [-0.4, -0.2) is 30.1 Å². The summed E-state index contributed by atoms with van der Waals surface area (Å²) in [5.74, 6) is -0.223. The van der Waals surface area contributed by atoms with E-state index in [0.717, 1.165) is 0 Å². The molecule has 1 aromatic rings. The SMILES string of the molecule is CN1C=CC=C(C(=O)CC(=O)c2ccccc2)C1. The number of hydrogen-bond acceptors (Lipinski definition) is 3. The minimum absolute atomic E-state index is 0.0580. The van der Waals surface area contributed by atoms with Crippen LogP contribution in [0.5, 0.6) is 0 Å². The van der Waals surface area contributed by atoms with Crippen LogP contribution < -0.4 is 0 Å². The molecule has 0 radical (unpaired) electrons. The van der Waals surface area contributed by atoms with E-state index in [1.807, 2.05) is 30.3 Å². The molecular weight excluding hydrogens is 226 g/mol. The average molecular weight is 241 g/mol. The van der Waals surface area contributed by atoms with Crippen molar-refractivity contribution in [2.45, 2.75) is 6.42 Å². The van der Waals surface area contributed by atoms with E-state index in [0.29, 0.717) is 17.7 Å². The third-order valence-corrected chi connectivity index (χ3v) is 2.83. The van der Waals surface area contributed by atoms with Gasteiger partial charge in [0, 0.05) is 24.7 Å². The number of carbonyl (C=O) groups excluding carboxylic acids is 2. The zero-order valence-electron chi connectivity index (χ0n) is 10.3. The van der Waals surface area contributed by atoms with Gasteiger partial charge in [-0.05, 0) is 12.3 Å². The Morgan fingerprint density at radius 1 is 1.17 bits per heavy atom. The molecule has 0 atom stereocenters. The van der Waals surface area contributed by atoms with E-state index in [9.17, 15) is 9.59 Å². The molecule has 0 fully saturated rings. The molecule has 0 amide bonds. The molecular formula is C15H15NO2. The fourth-order valence-electron chi connectivity index (χ4n) is 1.85. The van der Waals surface area contributed by atoms with Crippen LogP contribution in [0, 0.1) is 0 Å². The first-order valence-electron chi connectivity index (χ1n) is 5.86. The highest BCUT2D eigenvalue weighted by molar-refractivity contribution is 6.13. The molecule has 0 unspecified atom stereocenters. The lowest BCUT2D eigenvalue weighted by Gasteiger charge is -2.18. The van der Waals surface area contributed by atoms with Gasteiger partial charge in [-0.1, -0.05) is 36.4 Å². The van der Waals surface area contributed by atoms with E-state index in [-0.39, 0.29) is 18.0 Å². The summed E-state index contributed by atoms with van der Waals surface area (Å²) in [6.45, 7) is 0.567. The summed E-state index contributed by atoms with van der Waals surface area (Å²) in [4.78, 5) is 25.8. The van der Waals surface area contributed by atoms with Crippen molar-refractivity contribution in [2.75, 3.05) is 13.6 Å². The maximum Gasteiger partial charge on any atom is 0.170 e. The van der Waals surface area contributed by atoms with E-state index in [1.165, 1.54) is 0 Å². The molecule has 3 heteroatoms. The third kappa shape index (κ3) is 2.94. The fraction of sp³-hybridized carbons (Fsp3) is 0.200. The van der Waals surface area contributed by atoms with Gasteiger partial charge in [0.05, 0.1) is 6.42 Å². The number of ketones is 2. The topological polar surface area (TPSA) is 37.4 Å². The number of carbonyl (C=O) groups is 2. The molecule has 0 aliphatic carbocycles. The molecule has 0 saturated carbocycles. The average Bonchev–Trinajstić information content (AvgIpc) is 2.39. The van der Waals surface area contributed by atoms with E-state index in [1.54, 1.807) is 30.3 Å². The van der Waals surface area contributed by atoms with Crippen LogP contribution in [0.25, 0.3) is 0 Å². The first-order chi connectivity index (χ1) is 8.66. The van der Waals surface area contributed by atoms with Crippen molar-refractivity contribution < 1.29 is 9.59 Å². The van der Waals surface area contributed by atoms with Crippen LogP contribution in [0.1, 0.15) is 16.8 Å². The Kier molecular flexibility index (Phi) is 3.72. The van der Waals surface area contributed by atoms with Crippen LogP contribution >= 0.6 is 0 Å². The van der Waals surface area contributed by atoms with Gasteiger partial charge in [-0.15, -0.1) is 0 Å². The smallest absolute Gasteiger partial charge is 0.170 e. The van der Waals surface area contributed by atoms with Crippen molar-refractivity contribution in [2.24, 2.45) is 0 Å². The van der Waals surface area contributed by atoms with Crippen LogP contribution in [0.3, 0.4) is 0 Å². The predicted octanol–water partition coefficient (Wildman–Crippen LogP) is 2.21. The minimum atomic E-state index is -0.126. The Morgan fingerprint density at radius 2 is 1.89 bits per heavy atom. The minimum Gasteiger partial charge on any atom is -0.376 e. The maximum absolute atomic E-state index is 12.0. The van der Waals surface area contributed by atoms with Crippen molar-refractivity contribution in [1.29, 1.82) is 0 Å². The second-order valence-corrected chi connectivity index (χ2v) is 4.34. The molecule has 2 rings (SSSR count). The number of rotatable bonds is 4. The number of nitrogens with zero attached hydrogens (tertiary/aromatic N) is 1. The van der Waals surface area contributed by atoms with Gasteiger partial charge in [0.15, 0.2) is 11.6 Å². The molecule has 0 saturated heterocycles. The van der Waals surface area contributed by atoms with Gasteiger partial charge in [0.1, 0.15) is 0 Å². The van der Waals surface area contributed by atoms with Gasteiger partial charge in [-0.25, -0.2) is 0 Å². The first-order valence-corrected chi connectivity index (χ1v) is 5.86. The lowest BCUT2D eigenvalue weighted by atomic mass is 10.0. The fourth-order valence-corrected chi connectivity index (χ4v) is 1.85. The summed E-state index contributed by atoms with van der Waals surface area (Å²) in [6.07, 6.45) is 5.44. The summed E-state index contributed by atoms with van der Waals surface area (Å²) >= 11 is 0. The van der Waals surface area contributed by atoms with Gasteiger partial charge in [0.2, 0.25) is 0 Å². The quantitative estimate of drug-likeness (QED) is 0.599. The molecule has 0 aromatic heterocycles. The molecule has 1 heterocycles. The number of hydrogen-bond donors (Lipinski definition) is 0. The standard InChI is InChI=1S/C15H15NO2/c1-16-9-5-8-13(11-16)15(18)10-14(17)12-6-3-2-4-7-12/h2-9H,10-11H2,1H3. The molecule has 0 N–H and O–H groups in total. The van der Waals surface area contributed by atoms with Crippen molar-refractivity contribution >= 4 is 11.6 Å². The van der Waals surface area contributed by atoms with Crippen LogP contribution in [0.2, 0.25) is 0 Å². The van der Waals surface area contributed by atoms with Gasteiger partial charge < -0.3 is 4.90 Å². The van der Waals surface area contributed by atoms with Crippen molar-refractivity contribution in [3.63, 3.8) is 0 Å². The van der Waals surface area contributed by atoms with E-state index in [2.05, 4.69) is 0 Å². The molecule has 0 spiro atoms. The highest BCUT2D eigenvalue weighted by atomic mass is 16.1. The van der Waals surface area contributed by atoms with Crippen molar-refractivity contribution in [3.05, 3.63) is 59.8 Å². The van der Waals surface area contributed by atoms with Crippen molar-refractivity contribution in [3.8, 4) is 0 Å². The highest BCUT2D eigenvalue weighted by Crippen LogP contribution is 2.11. The van der Waals surface area contributed by atoms with Gasteiger partial charge >= 0.3 is 0 Å². The highest BCUT2D eigenvalue weighted by Gasteiger charge is 2.17. The molecule has 1 aliphatic rings. The summed E-state index contributed by atoms with van der Waals surface area (Å²) in [5, 5.41) is 0. The molecule has 0 bridgehead atoms. The molecule has 92 valence electrons. The number of Topliss-reactive ketones (excluding diaryl/α,β-unsaturated/α-hetero) is 2. The molecule has 18 heavy (non-hydrogen) atoms. The Hall–Kier alpha value is -2.16. The van der Waals surface area contributed by atoms with Crippen LogP contribution in [0.4, 0.5) is 0 Å². The lowest BCUT2D eigenvalue weighted by molar-refractivity contribution is -0.115. The van der Waals surface area contributed by atoms with Gasteiger partial charge in [0.25, 0.3) is 0 Å². The van der Waals surface area contributed by atoms with Crippen molar-refractivity contribution in [1.82, 2.24) is 4.90 Å². The Bertz CT molecular complexity index is 515. The summed E-state index contributed by atoms with van der Waals surface area (Å²) in [6, 6.07) is 8.91. The third-order valence-electron chi connectivity index (χ3n) is 2.83. The maximum atomic E-state index is 12.0. The number of allylic oxidation sites excluding steroid dienone is 2. The zero-order chi connectivity index (χ0) is 13.0. The number of benzene rings is 1. The second-order valence-electron chi connectivity index (χ2n) is 4.34. The summed E-state index contributed by atoms with van der Waals surface area (Å²) in [7, 11) is 1.90. The van der Waals surface area contributed by atoms with Gasteiger partial charge in [-0.2, -0.15) is 0 Å². The normalized spacial score (nSPS) is 14.3. The lowest BCUT2D eigenvalue weighted by Crippen LogP contribution is -2.22. The Morgan fingerprint density at radius 3 is 2.56 bits per heavy atom. The van der Waals surface area contributed by atoms with Gasteiger partial charge in [-0.3, -0.25) is 9.59 Å². The Balaban J connectivity index is 2.02. The molecule has 1 aromatic carbocycles. The number of likely N-dealkylation sites (N-methyl/N-ethyl adjacent to an activating group) is 1. The monoisotopic (exact) mass is 241 g/mol. The summed E-state index contributed by atoms with van der Waals surface area (Å²) in [5.41, 5.74) is 1.27. The predicted molar refractivity (Wildman–Crippen MR) is 70.2 cm³/mol. The van der Waals surface area contributed by atoms with E-state index in [4.69, 9.17) is 0 Å².